The van der Waals surface area contributed by atoms with Crippen LogP contribution in [0, 0.1) is 0 Å². The molecular formula is C4H7MoNO6. The van der Waals surface area contributed by atoms with Crippen molar-refractivity contribution in [2.24, 2.45) is 0 Å². The molecule has 1 heterocycles. The Balaban J connectivity index is 0.000000217. The second-order valence-electron chi connectivity index (χ2n) is 1.92. The summed E-state index contributed by atoms with van der Waals surface area (Å²) in [6, 6.07) is 0. The van der Waals surface area contributed by atoms with E-state index in [2.05, 4.69) is 5.32 Å². The van der Waals surface area contributed by atoms with Gasteiger partial charge in [-0.2, -0.15) is 0 Å². The fourth-order valence-corrected chi connectivity index (χ4v) is 0.508. The minimum atomic E-state index is -5.52. The molecule has 70 valence electrons. The van der Waals surface area contributed by atoms with E-state index in [9.17, 15) is 9.59 Å². The van der Waals surface area contributed by atoms with Crippen molar-refractivity contribution in [2.45, 2.75) is 12.8 Å². The van der Waals surface area contributed by atoms with Crippen LogP contribution in [0.3, 0.4) is 0 Å². The Kier molecular flexibility index (Phi) is 4.15. The monoisotopic (exact) mass is 263 g/mol. The Morgan fingerprint density at radius 1 is 1.08 bits per heavy atom. The maximum absolute atomic E-state index is 10.1. The summed E-state index contributed by atoms with van der Waals surface area (Å²) in [4.78, 5) is 20.2. The van der Waals surface area contributed by atoms with Crippen LogP contribution in [0.4, 0.5) is 0 Å². The van der Waals surface area contributed by atoms with Gasteiger partial charge in [0.1, 0.15) is 0 Å². The number of amides is 2. The number of nitrogens with one attached hydrogen (secondary N) is 1. The van der Waals surface area contributed by atoms with Crippen molar-refractivity contribution in [3.63, 3.8) is 0 Å². The zero-order valence-corrected chi connectivity index (χ0v) is 7.86. The first-order chi connectivity index (χ1) is 5.29. The van der Waals surface area contributed by atoms with E-state index in [0.717, 1.165) is 0 Å². The fourth-order valence-electron chi connectivity index (χ4n) is 0.508. The molecule has 0 aromatic heterocycles. The van der Waals surface area contributed by atoms with E-state index in [-0.39, 0.29) is 11.8 Å². The summed E-state index contributed by atoms with van der Waals surface area (Å²) in [6.07, 6.45) is 0.748. The number of hydrogen-bond donors (Lipinski definition) is 3. The standard InChI is InChI=1S/C4H5NO2.Mo.2H2O.2O/c6-3-1-2-4(7)5-3;;;;;/h1-2H2,(H,5,6,7);;2*1H2;;/q;+2;;;;/p-2. The first kappa shape index (κ1) is 11.3. The van der Waals surface area contributed by atoms with Crippen LogP contribution >= 0.6 is 0 Å². The average molecular weight is 261 g/mol. The van der Waals surface area contributed by atoms with E-state index in [1.54, 1.807) is 0 Å². The Morgan fingerprint density at radius 2 is 1.33 bits per heavy atom. The van der Waals surface area contributed by atoms with Gasteiger partial charge in [0.05, 0.1) is 0 Å². The van der Waals surface area contributed by atoms with Crippen molar-refractivity contribution >= 4 is 11.8 Å². The van der Waals surface area contributed by atoms with Crippen molar-refractivity contribution in [2.75, 3.05) is 0 Å². The van der Waals surface area contributed by atoms with E-state index in [4.69, 9.17) is 14.3 Å². The van der Waals surface area contributed by atoms with Crippen LogP contribution in [-0.2, 0) is 33.1 Å². The Hall–Kier alpha value is -0.652. The molecule has 0 aliphatic carbocycles. The molecule has 0 aromatic carbocycles. The molecule has 3 N–H and O–H groups in total. The van der Waals surface area contributed by atoms with Crippen molar-refractivity contribution in [1.82, 2.24) is 5.32 Å². The van der Waals surface area contributed by atoms with E-state index < -0.39 is 16.7 Å². The summed E-state index contributed by atoms with van der Waals surface area (Å²) >= 11 is -5.52. The van der Waals surface area contributed by atoms with Gasteiger partial charge in [0.2, 0.25) is 11.8 Å². The molecule has 7 nitrogen and oxygen atoms in total. The van der Waals surface area contributed by atoms with Crippen molar-refractivity contribution in [3.8, 4) is 0 Å². The third-order valence-electron chi connectivity index (χ3n) is 0.858. The molecule has 0 unspecified atom stereocenters. The molecule has 0 saturated carbocycles. The number of carbonyl (C=O) groups is 2. The quantitative estimate of drug-likeness (QED) is 0.345. The van der Waals surface area contributed by atoms with E-state index in [1.165, 1.54) is 0 Å². The predicted molar refractivity (Wildman–Crippen MR) is 28.2 cm³/mol. The second-order valence-corrected chi connectivity index (χ2v) is 4.12. The summed E-state index contributed by atoms with van der Waals surface area (Å²) in [6.45, 7) is 0. The van der Waals surface area contributed by atoms with Crippen LogP contribution < -0.4 is 5.32 Å². The van der Waals surface area contributed by atoms with Gasteiger partial charge in [-0.25, -0.2) is 0 Å². The second kappa shape index (κ2) is 4.39. The Bertz CT molecular complexity index is 258. The molecule has 12 heavy (non-hydrogen) atoms. The summed E-state index contributed by atoms with van der Waals surface area (Å²) in [5.41, 5.74) is 0. The van der Waals surface area contributed by atoms with Crippen LogP contribution in [0.15, 0.2) is 0 Å². The average Bonchev–Trinajstić information content (AvgIpc) is 2.09. The van der Waals surface area contributed by atoms with Gasteiger partial charge in [0.25, 0.3) is 0 Å². The van der Waals surface area contributed by atoms with Gasteiger partial charge >= 0.3 is 31.1 Å². The zero-order valence-electron chi connectivity index (χ0n) is 5.85. The molecular weight excluding hydrogens is 254 g/mol. The normalized spacial score (nSPS) is 16.5. The number of hydrogen-bond acceptors (Lipinski definition) is 4. The zero-order chi connectivity index (χ0) is 9.78. The van der Waals surface area contributed by atoms with Crippen LogP contribution in [0.2, 0.25) is 0 Å². The van der Waals surface area contributed by atoms with Gasteiger partial charge in [0, 0.05) is 12.8 Å². The molecule has 8 heteroatoms. The topological polar surface area (TPSA) is 121 Å². The van der Waals surface area contributed by atoms with Gasteiger partial charge < -0.3 is 0 Å². The number of carbonyl (C=O) groups excluding carboxylic acids is 2. The van der Waals surface area contributed by atoms with Crippen molar-refractivity contribution < 1.29 is 40.7 Å². The van der Waals surface area contributed by atoms with Gasteiger partial charge in [-0.1, -0.05) is 0 Å². The summed E-state index contributed by atoms with van der Waals surface area (Å²) in [7, 11) is 0. The summed E-state index contributed by atoms with van der Waals surface area (Å²) in [5, 5.41) is 2.14. The molecule has 1 fully saturated rings. The van der Waals surface area contributed by atoms with Gasteiger partial charge in [-0.15, -0.1) is 0 Å². The van der Waals surface area contributed by atoms with Crippen LogP contribution in [0.25, 0.3) is 0 Å². The SMILES string of the molecule is O=C1CCC(=O)N1.[O]=[Mo](=[O])([OH])[OH]. The molecule has 0 bridgehead atoms. The molecule has 0 aromatic rings. The Morgan fingerprint density at radius 3 is 1.42 bits per heavy atom. The number of imide groups is 1. The van der Waals surface area contributed by atoms with Crippen LogP contribution in [0.1, 0.15) is 12.8 Å². The van der Waals surface area contributed by atoms with Gasteiger partial charge in [-0.05, 0) is 0 Å². The first-order valence-electron chi connectivity index (χ1n) is 2.81. The van der Waals surface area contributed by atoms with Gasteiger partial charge in [-0.3, -0.25) is 14.9 Å². The van der Waals surface area contributed by atoms with Crippen LogP contribution in [-0.4, -0.2) is 19.3 Å². The third-order valence-corrected chi connectivity index (χ3v) is 0.858. The van der Waals surface area contributed by atoms with E-state index in [1.807, 2.05) is 0 Å². The maximum atomic E-state index is 10.1. The van der Waals surface area contributed by atoms with Gasteiger partial charge in [0.15, 0.2) is 0 Å². The molecule has 1 saturated heterocycles. The van der Waals surface area contributed by atoms with Crippen LogP contribution in [0.5, 0.6) is 0 Å². The van der Waals surface area contributed by atoms with E-state index >= 15 is 0 Å². The first-order valence-corrected chi connectivity index (χ1v) is 6.25. The molecule has 1 aliphatic rings. The molecule has 1 aliphatic heterocycles. The molecule has 0 atom stereocenters. The Labute approximate surface area is 71.1 Å². The third kappa shape index (κ3) is 9.35. The summed E-state index contributed by atoms with van der Waals surface area (Å²) in [5.74, 6) is -0.296. The summed E-state index contributed by atoms with van der Waals surface area (Å²) < 4.78 is 32.0. The van der Waals surface area contributed by atoms with Crippen molar-refractivity contribution in [1.29, 1.82) is 0 Å². The predicted octanol–water partition coefficient (Wildman–Crippen LogP) is -1.93. The van der Waals surface area contributed by atoms with E-state index in [0.29, 0.717) is 12.8 Å². The molecule has 1 rings (SSSR count). The van der Waals surface area contributed by atoms with Crippen molar-refractivity contribution in [3.05, 3.63) is 0 Å². The minimum absolute atomic E-state index is 0.148. The molecule has 2 amide bonds. The fraction of sp³-hybridized carbons (Fsp3) is 0.500. The molecule has 0 spiro atoms. The molecule has 0 radical (unpaired) electrons. The number of rotatable bonds is 0.